The highest BCUT2D eigenvalue weighted by Gasteiger charge is 2.27. The molecule has 4 heteroatoms. The lowest BCUT2D eigenvalue weighted by molar-refractivity contribution is 0.0721. The summed E-state index contributed by atoms with van der Waals surface area (Å²) in [6.07, 6.45) is 2.35. The first-order chi connectivity index (χ1) is 9.02. The number of hydrogen-bond acceptors (Lipinski definition) is 3. The van der Waals surface area contributed by atoms with Crippen molar-refractivity contribution in [3.05, 3.63) is 28.2 Å². The van der Waals surface area contributed by atoms with Gasteiger partial charge in [0.25, 0.3) is 0 Å². The topological polar surface area (TPSA) is 29.5 Å². The molecule has 2 unspecified atom stereocenters. The molecule has 1 aromatic rings. The number of carbonyl (C=O) groups is 1. The Morgan fingerprint density at radius 1 is 1.47 bits per heavy atom. The van der Waals surface area contributed by atoms with E-state index >= 15 is 0 Å². The monoisotopic (exact) mass is 325 g/mol. The molecule has 1 aliphatic heterocycles. The van der Waals surface area contributed by atoms with Crippen molar-refractivity contribution >= 4 is 27.4 Å². The molecule has 19 heavy (non-hydrogen) atoms. The van der Waals surface area contributed by atoms with E-state index in [9.17, 15) is 4.79 Å². The van der Waals surface area contributed by atoms with Gasteiger partial charge in [-0.3, -0.25) is 4.79 Å². The molecule has 0 bridgehead atoms. The molecule has 1 saturated heterocycles. The number of carbonyl (C=O) groups excluding carboxylic acids is 1. The quantitative estimate of drug-likeness (QED) is 0.794. The first-order valence-corrected chi connectivity index (χ1v) is 7.42. The van der Waals surface area contributed by atoms with Gasteiger partial charge in [-0.15, -0.1) is 0 Å². The van der Waals surface area contributed by atoms with Crippen LogP contribution in [0.2, 0.25) is 0 Å². The molecule has 3 nitrogen and oxygen atoms in total. The van der Waals surface area contributed by atoms with Gasteiger partial charge in [-0.1, -0.05) is 15.9 Å². The summed E-state index contributed by atoms with van der Waals surface area (Å²) in [5.74, 6) is 0.109. The Labute approximate surface area is 123 Å². The van der Waals surface area contributed by atoms with Crippen molar-refractivity contribution in [2.45, 2.75) is 38.8 Å². The number of halogens is 1. The molecule has 0 spiro atoms. The van der Waals surface area contributed by atoms with Gasteiger partial charge in [0.1, 0.15) is 0 Å². The number of anilines is 1. The highest BCUT2D eigenvalue weighted by atomic mass is 79.9. The van der Waals surface area contributed by atoms with Crippen molar-refractivity contribution < 1.29 is 9.53 Å². The molecule has 2 atom stereocenters. The standard InChI is InChI=1S/C15H20BrNO2/c1-10-8-13(19-3)6-7-17(10)15-5-4-12(16)9-14(15)11(2)18/h4-5,9-10,13H,6-8H2,1-3H3. The summed E-state index contributed by atoms with van der Waals surface area (Å²) in [5, 5.41) is 0. The maximum Gasteiger partial charge on any atom is 0.161 e. The number of nitrogens with zero attached hydrogens (tertiary/aromatic N) is 1. The molecule has 1 fully saturated rings. The number of methoxy groups -OCH3 is 1. The minimum Gasteiger partial charge on any atom is -0.381 e. The Morgan fingerprint density at radius 2 is 2.21 bits per heavy atom. The molecule has 1 aliphatic rings. The lowest BCUT2D eigenvalue weighted by Gasteiger charge is -2.39. The van der Waals surface area contributed by atoms with E-state index < -0.39 is 0 Å². The summed E-state index contributed by atoms with van der Waals surface area (Å²) in [4.78, 5) is 14.1. The van der Waals surface area contributed by atoms with Crippen LogP contribution in [0.25, 0.3) is 0 Å². The van der Waals surface area contributed by atoms with Crippen LogP contribution in [0.3, 0.4) is 0 Å². The van der Waals surface area contributed by atoms with Crippen LogP contribution in [0.15, 0.2) is 22.7 Å². The number of hydrogen-bond donors (Lipinski definition) is 0. The molecule has 1 aromatic carbocycles. The van der Waals surface area contributed by atoms with Gasteiger partial charge >= 0.3 is 0 Å². The first kappa shape index (κ1) is 14.5. The van der Waals surface area contributed by atoms with E-state index in [0.29, 0.717) is 12.1 Å². The number of rotatable bonds is 3. The van der Waals surface area contributed by atoms with Crippen LogP contribution < -0.4 is 4.90 Å². The molecule has 104 valence electrons. The molecule has 0 amide bonds. The smallest absolute Gasteiger partial charge is 0.161 e. The van der Waals surface area contributed by atoms with Crippen LogP contribution in [-0.2, 0) is 4.74 Å². The van der Waals surface area contributed by atoms with E-state index in [2.05, 4.69) is 27.8 Å². The largest absolute Gasteiger partial charge is 0.381 e. The van der Waals surface area contributed by atoms with Gasteiger partial charge in [-0.05, 0) is 44.9 Å². The molecule has 0 saturated carbocycles. The Bertz CT molecular complexity index is 475. The molecule has 2 rings (SSSR count). The normalized spacial score (nSPS) is 23.5. The van der Waals surface area contributed by atoms with Crippen LogP contribution in [0.5, 0.6) is 0 Å². The van der Waals surface area contributed by atoms with Crippen molar-refractivity contribution in [1.29, 1.82) is 0 Å². The van der Waals surface area contributed by atoms with E-state index in [1.165, 1.54) is 0 Å². The van der Waals surface area contributed by atoms with E-state index in [1.807, 2.05) is 18.2 Å². The zero-order chi connectivity index (χ0) is 14.0. The zero-order valence-corrected chi connectivity index (χ0v) is 13.2. The zero-order valence-electron chi connectivity index (χ0n) is 11.6. The minimum absolute atomic E-state index is 0.109. The van der Waals surface area contributed by atoms with Crippen LogP contribution in [0.4, 0.5) is 5.69 Å². The van der Waals surface area contributed by atoms with Crippen molar-refractivity contribution in [3.8, 4) is 0 Å². The predicted octanol–water partition coefficient (Wildman–Crippen LogP) is 3.66. The van der Waals surface area contributed by atoms with Crippen molar-refractivity contribution in [3.63, 3.8) is 0 Å². The molecular weight excluding hydrogens is 306 g/mol. The van der Waals surface area contributed by atoms with Gasteiger partial charge in [-0.25, -0.2) is 0 Å². The lowest BCUT2D eigenvalue weighted by Crippen LogP contribution is -2.43. The fraction of sp³-hybridized carbons (Fsp3) is 0.533. The second-order valence-electron chi connectivity index (χ2n) is 5.14. The summed E-state index contributed by atoms with van der Waals surface area (Å²) in [6, 6.07) is 6.33. The molecular formula is C15H20BrNO2. The summed E-state index contributed by atoms with van der Waals surface area (Å²) >= 11 is 3.43. The van der Waals surface area contributed by atoms with Crippen LogP contribution in [-0.4, -0.2) is 31.6 Å². The Kier molecular flexibility index (Phi) is 4.63. The van der Waals surface area contributed by atoms with Gasteiger partial charge in [0, 0.05) is 35.4 Å². The van der Waals surface area contributed by atoms with Gasteiger partial charge in [0.05, 0.1) is 6.10 Å². The molecule has 0 radical (unpaired) electrons. The van der Waals surface area contributed by atoms with Crippen molar-refractivity contribution in [2.24, 2.45) is 0 Å². The molecule has 0 N–H and O–H groups in total. The molecule has 0 aromatic heterocycles. The fourth-order valence-electron chi connectivity index (χ4n) is 2.74. The van der Waals surface area contributed by atoms with Crippen LogP contribution in [0, 0.1) is 0 Å². The maximum atomic E-state index is 11.8. The van der Waals surface area contributed by atoms with E-state index in [0.717, 1.165) is 35.1 Å². The summed E-state index contributed by atoms with van der Waals surface area (Å²) in [7, 11) is 1.77. The van der Waals surface area contributed by atoms with E-state index in [4.69, 9.17) is 4.74 Å². The summed E-state index contributed by atoms with van der Waals surface area (Å²) in [6.45, 7) is 4.75. The third-order valence-electron chi connectivity index (χ3n) is 3.81. The Morgan fingerprint density at radius 3 is 2.79 bits per heavy atom. The van der Waals surface area contributed by atoms with Crippen molar-refractivity contribution in [1.82, 2.24) is 0 Å². The lowest BCUT2D eigenvalue weighted by atomic mass is 9.98. The van der Waals surface area contributed by atoms with Crippen molar-refractivity contribution in [2.75, 3.05) is 18.6 Å². The highest BCUT2D eigenvalue weighted by molar-refractivity contribution is 9.10. The average Bonchev–Trinajstić information content (AvgIpc) is 2.39. The second-order valence-corrected chi connectivity index (χ2v) is 6.06. The van der Waals surface area contributed by atoms with Gasteiger partial charge in [0.2, 0.25) is 0 Å². The number of ether oxygens (including phenoxy) is 1. The summed E-state index contributed by atoms with van der Waals surface area (Å²) in [5.41, 5.74) is 1.83. The summed E-state index contributed by atoms with van der Waals surface area (Å²) < 4.78 is 6.39. The van der Waals surface area contributed by atoms with Gasteiger partial charge in [-0.2, -0.15) is 0 Å². The van der Waals surface area contributed by atoms with E-state index in [1.54, 1.807) is 14.0 Å². The van der Waals surface area contributed by atoms with Crippen LogP contribution in [0.1, 0.15) is 37.0 Å². The number of Topliss-reactive ketones (excluding diaryl/α,β-unsaturated/α-hetero) is 1. The highest BCUT2D eigenvalue weighted by Crippen LogP contribution is 2.31. The molecule has 0 aliphatic carbocycles. The van der Waals surface area contributed by atoms with Gasteiger partial charge < -0.3 is 9.64 Å². The SMILES string of the molecule is COC1CCN(c2ccc(Br)cc2C(C)=O)C(C)C1. The molecule has 1 heterocycles. The number of benzene rings is 1. The third kappa shape index (κ3) is 3.18. The minimum atomic E-state index is 0.109. The fourth-order valence-corrected chi connectivity index (χ4v) is 3.10. The van der Waals surface area contributed by atoms with Gasteiger partial charge in [0.15, 0.2) is 5.78 Å². The first-order valence-electron chi connectivity index (χ1n) is 6.63. The number of ketones is 1. The Balaban J connectivity index is 2.29. The maximum absolute atomic E-state index is 11.8. The second kappa shape index (κ2) is 6.06. The number of piperidine rings is 1. The Hall–Kier alpha value is -0.870. The van der Waals surface area contributed by atoms with E-state index in [-0.39, 0.29) is 5.78 Å². The predicted molar refractivity (Wildman–Crippen MR) is 81.0 cm³/mol. The van der Waals surface area contributed by atoms with Crippen LogP contribution >= 0.6 is 15.9 Å². The average molecular weight is 326 g/mol. The third-order valence-corrected chi connectivity index (χ3v) is 4.30.